The molecule has 2 aliphatic heterocycles. The predicted octanol–water partition coefficient (Wildman–Crippen LogP) is 1.50. The summed E-state index contributed by atoms with van der Waals surface area (Å²) in [6.45, 7) is 9.74. The van der Waals surface area contributed by atoms with E-state index < -0.39 is 5.60 Å². The van der Waals surface area contributed by atoms with Gasteiger partial charge in [0.25, 0.3) is 0 Å². The zero-order chi connectivity index (χ0) is 15.7. The van der Waals surface area contributed by atoms with Crippen molar-refractivity contribution in [3.63, 3.8) is 0 Å². The Morgan fingerprint density at radius 3 is 2.91 bits per heavy atom. The fraction of sp³-hybridized carbons (Fsp3) is 0.800. The highest BCUT2D eigenvalue weighted by atomic mass is 16.6. The number of carbonyl (C=O) groups excluding carboxylic acids is 1. The molecule has 0 bridgehead atoms. The number of hydrogen-bond acceptors (Lipinski definition) is 5. The van der Waals surface area contributed by atoms with E-state index in [-0.39, 0.29) is 12.0 Å². The van der Waals surface area contributed by atoms with Gasteiger partial charge in [-0.15, -0.1) is 10.2 Å². The van der Waals surface area contributed by atoms with Gasteiger partial charge < -0.3 is 19.5 Å². The molecule has 122 valence electrons. The number of ether oxygens (including phenoxy) is 1. The van der Waals surface area contributed by atoms with Gasteiger partial charge in [0.1, 0.15) is 17.2 Å². The molecule has 2 aliphatic rings. The Hall–Kier alpha value is -1.63. The molecule has 7 nitrogen and oxygen atoms in total. The Balaban J connectivity index is 1.71. The van der Waals surface area contributed by atoms with Crippen LogP contribution in [0, 0.1) is 0 Å². The second-order valence-electron chi connectivity index (χ2n) is 7.07. The Kier molecular flexibility index (Phi) is 4.08. The summed E-state index contributed by atoms with van der Waals surface area (Å²) in [5, 5.41) is 12.0. The van der Waals surface area contributed by atoms with Crippen LogP contribution in [0.15, 0.2) is 0 Å². The van der Waals surface area contributed by atoms with Gasteiger partial charge in [0.2, 0.25) is 0 Å². The fourth-order valence-corrected chi connectivity index (χ4v) is 3.10. The standard InChI is InChI=1S/C15H25N5O2/c1-15(2,3)22-14(21)19-7-4-5-11(10-19)13-18-17-12-9-16-6-8-20(12)13/h11,16H,4-10H2,1-3H3/t11-/m0/s1. The molecular weight excluding hydrogens is 282 g/mol. The fourth-order valence-electron chi connectivity index (χ4n) is 3.10. The molecule has 0 saturated carbocycles. The van der Waals surface area contributed by atoms with Crippen molar-refractivity contribution in [2.75, 3.05) is 19.6 Å². The molecule has 1 amide bonds. The zero-order valence-corrected chi connectivity index (χ0v) is 13.6. The van der Waals surface area contributed by atoms with Crippen LogP contribution < -0.4 is 5.32 Å². The number of likely N-dealkylation sites (tertiary alicyclic amines) is 1. The van der Waals surface area contributed by atoms with Gasteiger partial charge in [0.05, 0.1) is 6.54 Å². The van der Waals surface area contributed by atoms with E-state index in [2.05, 4.69) is 20.1 Å². The van der Waals surface area contributed by atoms with Gasteiger partial charge in [-0.05, 0) is 33.6 Å². The molecule has 1 saturated heterocycles. The maximum Gasteiger partial charge on any atom is 0.410 e. The van der Waals surface area contributed by atoms with Gasteiger partial charge in [-0.2, -0.15) is 0 Å². The van der Waals surface area contributed by atoms with Crippen LogP contribution in [-0.2, 0) is 17.8 Å². The number of nitrogens with one attached hydrogen (secondary N) is 1. The van der Waals surface area contributed by atoms with E-state index in [9.17, 15) is 4.79 Å². The van der Waals surface area contributed by atoms with Crippen LogP contribution in [0.2, 0.25) is 0 Å². The minimum atomic E-state index is -0.455. The Morgan fingerprint density at radius 2 is 2.14 bits per heavy atom. The molecule has 0 aliphatic carbocycles. The Labute approximate surface area is 131 Å². The number of aromatic nitrogens is 3. The second-order valence-corrected chi connectivity index (χ2v) is 7.07. The number of rotatable bonds is 1. The molecule has 1 atom stereocenters. The van der Waals surface area contributed by atoms with Crippen LogP contribution in [-0.4, -0.2) is 51.0 Å². The zero-order valence-electron chi connectivity index (χ0n) is 13.6. The lowest BCUT2D eigenvalue weighted by Crippen LogP contribution is -2.43. The van der Waals surface area contributed by atoms with E-state index in [0.717, 1.165) is 50.7 Å². The van der Waals surface area contributed by atoms with Crippen molar-refractivity contribution in [3.8, 4) is 0 Å². The molecule has 1 aromatic rings. The van der Waals surface area contributed by atoms with E-state index >= 15 is 0 Å². The lowest BCUT2D eigenvalue weighted by atomic mass is 9.97. The lowest BCUT2D eigenvalue weighted by Gasteiger charge is -2.34. The first-order valence-corrected chi connectivity index (χ1v) is 8.04. The van der Waals surface area contributed by atoms with Crippen LogP contribution in [0.1, 0.15) is 51.2 Å². The Morgan fingerprint density at radius 1 is 1.32 bits per heavy atom. The SMILES string of the molecule is CC(C)(C)OC(=O)N1CCC[C@H](c2nnc3n2CCNC3)C1. The summed E-state index contributed by atoms with van der Waals surface area (Å²) >= 11 is 0. The highest BCUT2D eigenvalue weighted by Gasteiger charge is 2.31. The van der Waals surface area contributed by atoms with Gasteiger partial charge in [0.15, 0.2) is 0 Å². The molecule has 0 spiro atoms. The van der Waals surface area contributed by atoms with Gasteiger partial charge in [0, 0.05) is 32.1 Å². The number of carbonyl (C=O) groups is 1. The summed E-state index contributed by atoms with van der Waals surface area (Å²) in [5.74, 6) is 2.26. The van der Waals surface area contributed by atoms with Crippen LogP contribution >= 0.6 is 0 Å². The maximum atomic E-state index is 12.3. The topological polar surface area (TPSA) is 72.3 Å². The third-order valence-electron chi connectivity index (χ3n) is 4.09. The molecule has 0 unspecified atom stereocenters. The summed E-state index contributed by atoms with van der Waals surface area (Å²) in [6.07, 6.45) is 1.80. The minimum Gasteiger partial charge on any atom is -0.444 e. The highest BCUT2D eigenvalue weighted by molar-refractivity contribution is 5.68. The first kappa shape index (κ1) is 15.3. The van der Waals surface area contributed by atoms with Gasteiger partial charge in [-0.25, -0.2) is 4.79 Å². The maximum absolute atomic E-state index is 12.3. The third kappa shape index (κ3) is 3.24. The Bertz CT molecular complexity index is 549. The largest absolute Gasteiger partial charge is 0.444 e. The molecule has 3 rings (SSSR count). The van der Waals surface area contributed by atoms with E-state index in [1.807, 2.05) is 25.7 Å². The number of amides is 1. The third-order valence-corrected chi connectivity index (χ3v) is 4.09. The van der Waals surface area contributed by atoms with Crippen LogP contribution in [0.3, 0.4) is 0 Å². The second kappa shape index (κ2) is 5.87. The van der Waals surface area contributed by atoms with E-state index in [1.54, 1.807) is 0 Å². The van der Waals surface area contributed by atoms with Crippen molar-refractivity contribution in [1.82, 2.24) is 25.0 Å². The van der Waals surface area contributed by atoms with E-state index in [0.29, 0.717) is 6.54 Å². The lowest BCUT2D eigenvalue weighted by molar-refractivity contribution is 0.0194. The van der Waals surface area contributed by atoms with Crippen molar-refractivity contribution >= 4 is 6.09 Å². The minimum absolute atomic E-state index is 0.225. The summed E-state index contributed by atoms with van der Waals surface area (Å²) in [6, 6.07) is 0. The molecule has 1 N–H and O–H groups in total. The quantitative estimate of drug-likeness (QED) is 0.851. The normalized spacial score (nSPS) is 22.3. The van der Waals surface area contributed by atoms with Gasteiger partial charge in [-0.1, -0.05) is 0 Å². The smallest absolute Gasteiger partial charge is 0.410 e. The molecule has 22 heavy (non-hydrogen) atoms. The van der Waals surface area contributed by atoms with Crippen molar-refractivity contribution in [2.24, 2.45) is 0 Å². The molecule has 0 radical (unpaired) electrons. The summed E-state index contributed by atoms with van der Waals surface area (Å²) in [5.41, 5.74) is -0.455. The molecule has 0 aromatic carbocycles. The average Bonchev–Trinajstić information content (AvgIpc) is 2.89. The van der Waals surface area contributed by atoms with Crippen molar-refractivity contribution in [2.45, 2.75) is 58.2 Å². The highest BCUT2D eigenvalue weighted by Crippen LogP contribution is 2.27. The molecule has 1 fully saturated rings. The summed E-state index contributed by atoms with van der Waals surface area (Å²) in [4.78, 5) is 14.1. The molecule has 3 heterocycles. The van der Waals surface area contributed by atoms with Gasteiger partial charge in [-0.3, -0.25) is 0 Å². The first-order valence-electron chi connectivity index (χ1n) is 8.04. The van der Waals surface area contributed by atoms with E-state index in [1.165, 1.54) is 0 Å². The van der Waals surface area contributed by atoms with Crippen LogP contribution in [0.5, 0.6) is 0 Å². The van der Waals surface area contributed by atoms with Crippen molar-refractivity contribution in [1.29, 1.82) is 0 Å². The van der Waals surface area contributed by atoms with Gasteiger partial charge >= 0.3 is 6.09 Å². The number of hydrogen-bond donors (Lipinski definition) is 1. The molecule has 1 aromatic heterocycles. The van der Waals surface area contributed by atoms with Crippen LogP contribution in [0.25, 0.3) is 0 Å². The number of nitrogens with zero attached hydrogens (tertiary/aromatic N) is 4. The molecule has 7 heteroatoms. The predicted molar refractivity (Wildman–Crippen MR) is 81.5 cm³/mol. The molecular formula is C15H25N5O2. The van der Waals surface area contributed by atoms with Crippen molar-refractivity contribution < 1.29 is 9.53 Å². The first-order chi connectivity index (χ1) is 10.4. The average molecular weight is 307 g/mol. The van der Waals surface area contributed by atoms with Crippen molar-refractivity contribution in [3.05, 3.63) is 11.6 Å². The van der Waals surface area contributed by atoms with E-state index in [4.69, 9.17) is 4.74 Å². The summed E-state index contributed by atoms with van der Waals surface area (Å²) in [7, 11) is 0. The number of piperidine rings is 1. The monoisotopic (exact) mass is 307 g/mol. The summed E-state index contributed by atoms with van der Waals surface area (Å²) < 4.78 is 7.70. The van der Waals surface area contributed by atoms with Crippen LogP contribution in [0.4, 0.5) is 4.79 Å². The number of fused-ring (bicyclic) bond motifs is 1.